The third kappa shape index (κ3) is 3.00. The first-order valence-electron chi connectivity index (χ1n) is 8.38. The first-order valence-corrected chi connectivity index (χ1v) is 8.38. The van der Waals surface area contributed by atoms with Crippen molar-refractivity contribution in [1.82, 2.24) is 0 Å². The minimum Gasteiger partial charge on any atom is -0.508 e. The molecule has 0 aliphatic carbocycles. The average Bonchev–Trinajstić information content (AvgIpc) is 2.57. The highest BCUT2D eigenvalue weighted by Crippen LogP contribution is 2.42. The Morgan fingerprint density at radius 1 is 1.13 bits per heavy atom. The van der Waals surface area contributed by atoms with E-state index < -0.39 is 0 Å². The normalized spacial score (nSPS) is 15.9. The van der Waals surface area contributed by atoms with Gasteiger partial charge in [-0.3, -0.25) is 0 Å². The summed E-state index contributed by atoms with van der Waals surface area (Å²) in [4.78, 5) is 2.34. The van der Waals surface area contributed by atoms with E-state index in [1.807, 2.05) is 12.1 Å². The molecule has 1 heterocycles. The third-order valence-corrected chi connectivity index (χ3v) is 5.00. The quantitative estimate of drug-likeness (QED) is 0.891. The Balaban J connectivity index is 2.00. The highest BCUT2D eigenvalue weighted by molar-refractivity contribution is 5.63. The van der Waals surface area contributed by atoms with Crippen LogP contribution in [0.25, 0.3) is 0 Å². The highest BCUT2D eigenvalue weighted by Gasteiger charge is 2.37. The first-order chi connectivity index (χ1) is 11.1. The van der Waals surface area contributed by atoms with E-state index in [0.29, 0.717) is 0 Å². The lowest BCUT2D eigenvalue weighted by Crippen LogP contribution is -2.50. The molecule has 0 bridgehead atoms. The van der Waals surface area contributed by atoms with Gasteiger partial charge >= 0.3 is 0 Å². The Hall–Kier alpha value is -2.16. The van der Waals surface area contributed by atoms with Gasteiger partial charge in [-0.1, -0.05) is 38.1 Å². The minimum atomic E-state index is -0.160. The number of hydrogen-bond donors (Lipinski definition) is 1. The SMILES string of the molecule is CCC1(CC)CN(Cc2ccccc2C)c2cc(O)ccc2O1. The van der Waals surface area contributed by atoms with Crippen molar-refractivity contribution < 1.29 is 9.84 Å². The van der Waals surface area contributed by atoms with Crippen LogP contribution in [0.4, 0.5) is 5.69 Å². The zero-order chi connectivity index (χ0) is 16.4. The lowest BCUT2D eigenvalue weighted by molar-refractivity contribution is 0.0569. The molecule has 0 amide bonds. The van der Waals surface area contributed by atoms with Crippen molar-refractivity contribution in [3.63, 3.8) is 0 Å². The number of hydrogen-bond acceptors (Lipinski definition) is 3. The van der Waals surface area contributed by atoms with Gasteiger partial charge in [0.15, 0.2) is 0 Å². The lowest BCUT2D eigenvalue weighted by atomic mass is 9.93. The molecule has 1 N–H and O–H groups in total. The van der Waals surface area contributed by atoms with E-state index in [1.54, 1.807) is 6.07 Å². The number of anilines is 1. The standard InChI is InChI=1S/C20H25NO2/c1-4-20(5-2)14-21(13-16-9-7-6-8-15(16)3)18-12-17(22)10-11-19(18)23-20/h6-12,22H,4-5,13-14H2,1-3H3. The van der Waals surface area contributed by atoms with E-state index in [4.69, 9.17) is 4.74 Å². The maximum absolute atomic E-state index is 9.89. The highest BCUT2D eigenvalue weighted by atomic mass is 16.5. The van der Waals surface area contributed by atoms with E-state index in [2.05, 4.69) is 49.9 Å². The van der Waals surface area contributed by atoms with Crippen molar-refractivity contribution in [2.45, 2.75) is 45.8 Å². The topological polar surface area (TPSA) is 32.7 Å². The van der Waals surface area contributed by atoms with Gasteiger partial charge in [-0.05, 0) is 43.0 Å². The van der Waals surface area contributed by atoms with Gasteiger partial charge in [-0.25, -0.2) is 0 Å². The number of benzene rings is 2. The van der Waals surface area contributed by atoms with E-state index in [9.17, 15) is 5.11 Å². The minimum absolute atomic E-state index is 0.160. The summed E-state index contributed by atoms with van der Waals surface area (Å²) in [5.74, 6) is 1.15. The number of phenolic OH excluding ortho intramolecular Hbond substituents is 1. The van der Waals surface area contributed by atoms with Crippen molar-refractivity contribution in [2.75, 3.05) is 11.4 Å². The van der Waals surface area contributed by atoms with E-state index in [-0.39, 0.29) is 11.4 Å². The van der Waals surface area contributed by atoms with Crippen LogP contribution in [-0.4, -0.2) is 17.3 Å². The molecule has 0 spiro atoms. The number of nitrogens with zero attached hydrogens (tertiary/aromatic N) is 1. The summed E-state index contributed by atoms with van der Waals surface area (Å²) in [6, 6.07) is 13.9. The third-order valence-electron chi connectivity index (χ3n) is 5.00. The summed E-state index contributed by atoms with van der Waals surface area (Å²) in [5, 5.41) is 9.89. The smallest absolute Gasteiger partial charge is 0.143 e. The van der Waals surface area contributed by atoms with Crippen LogP contribution in [0.1, 0.15) is 37.8 Å². The molecule has 1 aliphatic rings. The van der Waals surface area contributed by atoms with Crippen molar-refractivity contribution >= 4 is 5.69 Å². The summed E-state index contributed by atoms with van der Waals surface area (Å²) >= 11 is 0. The van der Waals surface area contributed by atoms with Gasteiger partial charge in [-0.15, -0.1) is 0 Å². The molecule has 2 aromatic rings. The number of rotatable bonds is 4. The zero-order valence-electron chi connectivity index (χ0n) is 14.2. The monoisotopic (exact) mass is 311 g/mol. The summed E-state index contributed by atoms with van der Waals surface area (Å²) < 4.78 is 6.32. The van der Waals surface area contributed by atoms with Crippen LogP contribution in [0.2, 0.25) is 0 Å². The van der Waals surface area contributed by atoms with Crippen molar-refractivity contribution in [1.29, 1.82) is 0 Å². The molecule has 2 aromatic carbocycles. The molecule has 23 heavy (non-hydrogen) atoms. The number of fused-ring (bicyclic) bond motifs is 1. The van der Waals surface area contributed by atoms with Crippen LogP contribution in [0.3, 0.4) is 0 Å². The Kier molecular flexibility index (Phi) is 4.20. The molecule has 122 valence electrons. The largest absolute Gasteiger partial charge is 0.508 e. The maximum Gasteiger partial charge on any atom is 0.143 e. The number of aromatic hydroxyl groups is 1. The second-order valence-electron chi connectivity index (χ2n) is 6.43. The molecule has 0 atom stereocenters. The number of phenols is 1. The molecule has 1 aliphatic heterocycles. The van der Waals surface area contributed by atoms with E-state index >= 15 is 0 Å². The van der Waals surface area contributed by atoms with Crippen molar-refractivity contribution in [3.8, 4) is 11.5 Å². The zero-order valence-corrected chi connectivity index (χ0v) is 14.2. The molecule has 0 saturated carbocycles. The average molecular weight is 311 g/mol. The van der Waals surface area contributed by atoms with Crippen LogP contribution in [0.15, 0.2) is 42.5 Å². The van der Waals surface area contributed by atoms with Crippen molar-refractivity contribution in [3.05, 3.63) is 53.6 Å². The van der Waals surface area contributed by atoms with Crippen LogP contribution < -0.4 is 9.64 Å². The van der Waals surface area contributed by atoms with Crippen LogP contribution >= 0.6 is 0 Å². The van der Waals surface area contributed by atoms with Gasteiger partial charge < -0.3 is 14.7 Å². The molecule has 0 aromatic heterocycles. The van der Waals surface area contributed by atoms with Gasteiger partial charge in [0, 0.05) is 12.6 Å². The Morgan fingerprint density at radius 2 is 1.87 bits per heavy atom. The molecule has 0 radical (unpaired) electrons. The first kappa shape index (κ1) is 15.7. The molecule has 3 heteroatoms. The van der Waals surface area contributed by atoms with Crippen LogP contribution in [-0.2, 0) is 6.54 Å². The lowest BCUT2D eigenvalue weighted by Gasteiger charge is -2.44. The van der Waals surface area contributed by atoms with E-state index in [1.165, 1.54) is 11.1 Å². The fourth-order valence-electron chi connectivity index (χ4n) is 3.29. The molecular weight excluding hydrogens is 286 g/mol. The number of ether oxygens (including phenoxy) is 1. The summed E-state index contributed by atoms with van der Waals surface area (Å²) in [7, 11) is 0. The van der Waals surface area contributed by atoms with Gasteiger partial charge in [0.2, 0.25) is 0 Å². The number of aryl methyl sites for hydroxylation is 1. The van der Waals surface area contributed by atoms with Gasteiger partial charge in [0.25, 0.3) is 0 Å². The molecule has 0 saturated heterocycles. The Morgan fingerprint density at radius 3 is 2.57 bits per heavy atom. The molecule has 3 nitrogen and oxygen atoms in total. The fraction of sp³-hybridized carbons (Fsp3) is 0.400. The molecular formula is C20H25NO2. The Labute approximate surface area is 138 Å². The second-order valence-corrected chi connectivity index (χ2v) is 6.43. The molecule has 0 fully saturated rings. The van der Waals surface area contributed by atoms with Gasteiger partial charge in [0.05, 0.1) is 12.2 Å². The maximum atomic E-state index is 9.89. The molecule has 3 rings (SSSR count). The summed E-state index contributed by atoms with van der Waals surface area (Å²) in [5.41, 5.74) is 3.42. The van der Waals surface area contributed by atoms with Crippen LogP contribution in [0, 0.1) is 6.92 Å². The second kappa shape index (κ2) is 6.15. The molecule has 0 unspecified atom stereocenters. The van der Waals surface area contributed by atoms with E-state index in [0.717, 1.165) is 37.4 Å². The van der Waals surface area contributed by atoms with Crippen molar-refractivity contribution in [2.24, 2.45) is 0 Å². The summed E-state index contributed by atoms with van der Waals surface area (Å²) in [6.45, 7) is 8.17. The van der Waals surface area contributed by atoms with Gasteiger partial charge in [-0.2, -0.15) is 0 Å². The van der Waals surface area contributed by atoms with Crippen LogP contribution in [0.5, 0.6) is 11.5 Å². The van der Waals surface area contributed by atoms with Gasteiger partial charge in [0.1, 0.15) is 17.1 Å². The predicted octanol–water partition coefficient (Wildman–Crippen LogP) is 4.66. The summed E-state index contributed by atoms with van der Waals surface area (Å²) in [6.07, 6.45) is 1.93. The Bertz CT molecular complexity index is 692. The fourth-order valence-corrected chi connectivity index (χ4v) is 3.29. The predicted molar refractivity (Wildman–Crippen MR) is 94.3 cm³/mol.